The summed E-state index contributed by atoms with van der Waals surface area (Å²) in [5, 5.41) is 18.0. The van der Waals surface area contributed by atoms with Gasteiger partial charge in [-0.3, -0.25) is 0 Å². The van der Waals surface area contributed by atoms with Crippen molar-refractivity contribution >= 4 is 11.8 Å². The molecule has 0 aliphatic carbocycles. The van der Waals surface area contributed by atoms with Gasteiger partial charge in [-0.05, 0) is 19.8 Å². The van der Waals surface area contributed by atoms with Crippen LogP contribution < -0.4 is 0 Å². The highest BCUT2D eigenvalue weighted by molar-refractivity contribution is 8.00. The van der Waals surface area contributed by atoms with Gasteiger partial charge in [-0.25, -0.2) is 0 Å². The summed E-state index contributed by atoms with van der Waals surface area (Å²) in [4.78, 5) is 0. The molecule has 1 aliphatic heterocycles. The van der Waals surface area contributed by atoms with Crippen molar-refractivity contribution in [2.24, 2.45) is 0 Å². The molecule has 0 radical (unpaired) electrons. The van der Waals surface area contributed by atoms with E-state index in [1.807, 2.05) is 6.92 Å². The van der Waals surface area contributed by atoms with E-state index in [2.05, 4.69) is 20.8 Å². The van der Waals surface area contributed by atoms with Crippen molar-refractivity contribution in [2.45, 2.75) is 49.6 Å². The van der Waals surface area contributed by atoms with Gasteiger partial charge in [0.25, 0.3) is 0 Å². The molecule has 0 fully saturated rings. The number of hydrogen-bond donors (Lipinski definition) is 0. The van der Waals surface area contributed by atoms with Gasteiger partial charge in [0, 0.05) is 13.0 Å². The van der Waals surface area contributed by atoms with E-state index in [-0.39, 0.29) is 5.25 Å². The first-order valence-electron chi connectivity index (χ1n) is 5.29. The maximum absolute atomic E-state index is 8.76. The fourth-order valence-corrected chi connectivity index (χ4v) is 2.51. The lowest BCUT2D eigenvalue weighted by Gasteiger charge is -2.06. The quantitative estimate of drug-likeness (QED) is 0.718. The van der Waals surface area contributed by atoms with E-state index >= 15 is 0 Å². The predicted molar refractivity (Wildman–Crippen MR) is 58.5 cm³/mol. The minimum absolute atomic E-state index is 0.0541. The SMILES string of the molecule is CC(C#N)Sc1nnc2n1CCCCC2. The monoisotopic (exact) mass is 222 g/mol. The van der Waals surface area contributed by atoms with E-state index in [1.165, 1.54) is 31.0 Å². The molecule has 2 rings (SSSR count). The van der Waals surface area contributed by atoms with Gasteiger partial charge in [-0.15, -0.1) is 10.2 Å². The fraction of sp³-hybridized carbons (Fsp3) is 0.700. The molecule has 2 heterocycles. The molecule has 0 saturated heterocycles. The van der Waals surface area contributed by atoms with Crippen LogP contribution in [0.5, 0.6) is 0 Å². The van der Waals surface area contributed by atoms with Crippen molar-refractivity contribution in [1.82, 2.24) is 14.8 Å². The molecule has 5 heteroatoms. The summed E-state index contributed by atoms with van der Waals surface area (Å²) in [6, 6.07) is 2.21. The highest BCUT2D eigenvalue weighted by atomic mass is 32.2. The Labute approximate surface area is 93.7 Å². The third-order valence-electron chi connectivity index (χ3n) is 2.54. The zero-order chi connectivity index (χ0) is 10.7. The fourth-order valence-electron chi connectivity index (χ4n) is 1.73. The Kier molecular flexibility index (Phi) is 3.27. The van der Waals surface area contributed by atoms with Crippen molar-refractivity contribution in [3.63, 3.8) is 0 Å². The summed E-state index contributed by atoms with van der Waals surface area (Å²) in [6.45, 7) is 2.89. The van der Waals surface area contributed by atoms with Crippen molar-refractivity contribution in [3.05, 3.63) is 5.82 Å². The third kappa shape index (κ3) is 2.32. The topological polar surface area (TPSA) is 54.5 Å². The van der Waals surface area contributed by atoms with Gasteiger partial charge in [0.15, 0.2) is 5.16 Å². The maximum atomic E-state index is 8.76. The lowest BCUT2D eigenvalue weighted by atomic mass is 10.2. The molecule has 0 spiro atoms. The van der Waals surface area contributed by atoms with Crippen LogP contribution in [0.25, 0.3) is 0 Å². The summed E-state index contributed by atoms with van der Waals surface area (Å²) in [5.74, 6) is 1.08. The number of fused-ring (bicyclic) bond motifs is 1. The summed E-state index contributed by atoms with van der Waals surface area (Å²) in [6.07, 6.45) is 4.69. The van der Waals surface area contributed by atoms with Crippen molar-refractivity contribution < 1.29 is 0 Å². The second-order valence-corrected chi connectivity index (χ2v) is 5.06. The van der Waals surface area contributed by atoms with Gasteiger partial charge in [0.2, 0.25) is 0 Å². The Morgan fingerprint density at radius 3 is 3.07 bits per heavy atom. The Bertz CT molecular complexity index is 379. The Morgan fingerprint density at radius 1 is 1.40 bits per heavy atom. The van der Waals surface area contributed by atoms with Crippen LogP contribution in [0.3, 0.4) is 0 Å². The molecule has 0 N–H and O–H groups in total. The molecule has 80 valence electrons. The molecule has 1 atom stereocenters. The normalized spacial score (nSPS) is 17.6. The Hall–Kier alpha value is -1.02. The summed E-state index contributed by atoms with van der Waals surface area (Å²) < 4.78 is 2.17. The molecule has 1 aromatic heterocycles. The van der Waals surface area contributed by atoms with E-state index < -0.39 is 0 Å². The molecule has 0 aromatic carbocycles. The van der Waals surface area contributed by atoms with Crippen molar-refractivity contribution in [1.29, 1.82) is 5.26 Å². The van der Waals surface area contributed by atoms with Gasteiger partial charge in [0.1, 0.15) is 5.82 Å². The van der Waals surface area contributed by atoms with Crippen LogP contribution in [0.1, 0.15) is 32.0 Å². The lowest BCUT2D eigenvalue weighted by Crippen LogP contribution is -2.04. The molecule has 1 unspecified atom stereocenters. The van der Waals surface area contributed by atoms with Gasteiger partial charge >= 0.3 is 0 Å². The second-order valence-electron chi connectivity index (χ2n) is 3.75. The first kappa shape index (κ1) is 10.5. The number of nitrogens with zero attached hydrogens (tertiary/aromatic N) is 4. The number of thioether (sulfide) groups is 1. The predicted octanol–water partition coefficient (Wildman–Crippen LogP) is 2.01. The molecule has 0 bridgehead atoms. The minimum Gasteiger partial charge on any atom is -0.306 e. The number of hydrogen-bond acceptors (Lipinski definition) is 4. The minimum atomic E-state index is -0.0541. The van der Waals surface area contributed by atoms with Crippen LogP contribution in [-0.4, -0.2) is 20.0 Å². The number of rotatable bonds is 2. The van der Waals surface area contributed by atoms with Crippen LogP contribution in [0.4, 0.5) is 0 Å². The highest BCUT2D eigenvalue weighted by Crippen LogP contribution is 2.24. The highest BCUT2D eigenvalue weighted by Gasteiger charge is 2.16. The van der Waals surface area contributed by atoms with Gasteiger partial charge in [-0.1, -0.05) is 18.2 Å². The van der Waals surface area contributed by atoms with Crippen molar-refractivity contribution in [2.75, 3.05) is 0 Å². The maximum Gasteiger partial charge on any atom is 0.192 e. The Balaban J connectivity index is 2.19. The van der Waals surface area contributed by atoms with Crippen molar-refractivity contribution in [3.8, 4) is 6.07 Å². The largest absolute Gasteiger partial charge is 0.306 e. The molecule has 0 saturated carbocycles. The summed E-state index contributed by atoms with van der Waals surface area (Å²) >= 11 is 1.50. The standard InChI is InChI=1S/C10H14N4S/c1-8(7-11)15-10-13-12-9-5-3-2-4-6-14(9)10/h8H,2-6H2,1H3. The average Bonchev–Trinajstić information content (AvgIpc) is 2.50. The van der Waals surface area contributed by atoms with Crippen LogP contribution in [0.15, 0.2) is 5.16 Å². The summed E-state index contributed by atoms with van der Waals surface area (Å²) in [7, 11) is 0. The van der Waals surface area contributed by atoms with E-state index in [4.69, 9.17) is 5.26 Å². The smallest absolute Gasteiger partial charge is 0.192 e. The molecule has 1 aromatic rings. The van der Waals surface area contributed by atoms with E-state index in [1.54, 1.807) is 0 Å². The first-order chi connectivity index (χ1) is 7.31. The van der Waals surface area contributed by atoms with Crippen LogP contribution in [0.2, 0.25) is 0 Å². The van der Waals surface area contributed by atoms with Crippen LogP contribution >= 0.6 is 11.8 Å². The second kappa shape index (κ2) is 4.67. The Morgan fingerprint density at radius 2 is 2.27 bits per heavy atom. The lowest BCUT2D eigenvalue weighted by molar-refractivity contribution is 0.590. The van der Waals surface area contributed by atoms with Gasteiger partial charge in [-0.2, -0.15) is 5.26 Å². The average molecular weight is 222 g/mol. The van der Waals surface area contributed by atoms with E-state index in [0.29, 0.717) is 0 Å². The number of nitriles is 1. The zero-order valence-corrected chi connectivity index (χ0v) is 9.63. The van der Waals surface area contributed by atoms with Gasteiger partial charge < -0.3 is 4.57 Å². The summed E-state index contributed by atoms with van der Waals surface area (Å²) in [5.41, 5.74) is 0. The van der Waals surface area contributed by atoms with Crippen LogP contribution in [-0.2, 0) is 13.0 Å². The molecular formula is C10H14N4S. The number of aryl methyl sites for hydroxylation is 1. The molecule has 0 amide bonds. The third-order valence-corrected chi connectivity index (χ3v) is 3.51. The molecular weight excluding hydrogens is 208 g/mol. The molecule has 4 nitrogen and oxygen atoms in total. The van der Waals surface area contributed by atoms with Gasteiger partial charge in [0.05, 0.1) is 11.3 Å². The van der Waals surface area contributed by atoms with Crippen LogP contribution in [0, 0.1) is 11.3 Å². The van der Waals surface area contributed by atoms with E-state index in [9.17, 15) is 0 Å². The van der Waals surface area contributed by atoms with E-state index in [0.717, 1.165) is 23.9 Å². The molecule has 1 aliphatic rings. The molecule has 15 heavy (non-hydrogen) atoms. The number of aromatic nitrogens is 3. The first-order valence-corrected chi connectivity index (χ1v) is 6.17. The zero-order valence-electron chi connectivity index (χ0n) is 8.81.